The summed E-state index contributed by atoms with van der Waals surface area (Å²) in [5, 5.41) is 0. The van der Waals surface area contributed by atoms with E-state index in [0.717, 1.165) is 18.4 Å². The molecule has 2 aliphatic carbocycles. The van der Waals surface area contributed by atoms with Gasteiger partial charge in [-0.2, -0.15) is 0 Å². The van der Waals surface area contributed by atoms with Gasteiger partial charge in [-0.3, -0.25) is 4.79 Å². The van der Waals surface area contributed by atoms with Gasteiger partial charge in [0.2, 0.25) is 0 Å². The fraction of sp³-hybridized carbons (Fsp3) is 0.600. The number of hydrogen-bond donors (Lipinski definition) is 0. The molecule has 2 saturated carbocycles. The van der Waals surface area contributed by atoms with Gasteiger partial charge in [0.1, 0.15) is 6.10 Å². The summed E-state index contributed by atoms with van der Waals surface area (Å²) >= 11 is 3.42. The maximum atomic E-state index is 12.8. The third kappa shape index (κ3) is 2.31. The van der Waals surface area contributed by atoms with Crippen LogP contribution in [0.1, 0.15) is 62.1 Å². The summed E-state index contributed by atoms with van der Waals surface area (Å²) in [6.07, 6.45) is 2.53. The first kappa shape index (κ1) is 17.1. The molecule has 25 heavy (non-hydrogen) atoms. The van der Waals surface area contributed by atoms with Crippen molar-refractivity contribution in [2.45, 2.75) is 57.1 Å². The Balaban J connectivity index is 1.51. The van der Waals surface area contributed by atoms with E-state index in [-0.39, 0.29) is 28.9 Å². The number of ether oxygens (including phenoxy) is 2. The van der Waals surface area contributed by atoms with Crippen LogP contribution >= 0.6 is 15.9 Å². The molecular formula is C20H23BrO4. The number of rotatable bonds is 3. The summed E-state index contributed by atoms with van der Waals surface area (Å²) in [6.45, 7) is 6.82. The van der Waals surface area contributed by atoms with Crippen molar-refractivity contribution in [1.82, 2.24) is 0 Å². The fourth-order valence-corrected chi connectivity index (χ4v) is 5.53. The molecule has 1 aromatic carbocycles. The highest BCUT2D eigenvalue weighted by Gasteiger charge is 2.63. The maximum Gasteiger partial charge on any atom is 0.339 e. The highest BCUT2D eigenvalue weighted by atomic mass is 79.9. The van der Waals surface area contributed by atoms with Crippen molar-refractivity contribution in [3.05, 3.63) is 35.4 Å². The molecule has 0 saturated heterocycles. The first-order valence-electron chi connectivity index (χ1n) is 8.90. The van der Waals surface area contributed by atoms with Crippen molar-refractivity contribution in [1.29, 1.82) is 0 Å². The van der Waals surface area contributed by atoms with Crippen LogP contribution in [0.2, 0.25) is 0 Å². The molecule has 4 nitrogen and oxygen atoms in total. The zero-order chi connectivity index (χ0) is 18.0. The molecule has 4 rings (SSSR count). The number of hydrogen-bond acceptors (Lipinski definition) is 4. The van der Waals surface area contributed by atoms with Crippen LogP contribution in [0.4, 0.5) is 0 Å². The largest absolute Gasteiger partial charge is 0.461 e. The molecule has 134 valence electrons. The molecule has 5 heteroatoms. The number of carbonyl (C=O) groups is 2. The Morgan fingerprint density at radius 1 is 1.32 bits per heavy atom. The lowest BCUT2D eigenvalue weighted by Gasteiger charge is -2.38. The van der Waals surface area contributed by atoms with Crippen LogP contribution in [0.3, 0.4) is 0 Å². The van der Waals surface area contributed by atoms with Gasteiger partial charge in [0.05, 0.1) is 5.56 Å². The predicted octanol–water partition coefficient (Wildman–Crippen LogP) is 4.42. The van der Waals surface area contributed by atoms with E-state index in [9.17, 15) is 9.59 Å². The van der Waals surface area contributed by atoms with Gasteiger partial charge in [0, 0.05) is 11.0 Å². The normalized spacial score (nSPS) is 36.0. The van der Waals surface area contributed by atoms with E-state index >= 15 is 0 Å². The van der Waals surface area contributed by atoms with E-state index in [0.29, 0.717) is 11.5 Å². The van der Waals surface area contributed by atoms with E-state index in [1.165, 1.54) is 6.42 Å². The minimum Gasteiger partial charge on any atom is -0.461 e. The van der Waals surface area contributed by atoms with Crippen LogP contribution in [0, 0.1) is 16.7 Å². The van der Waals surface area contributed by atoms with Crippen molar-refractivity contribution < 1.29 is 19.1 Å². The summed E-state index contributed by atoms with van der Waals surface area (Å²) in [4.78, 5) is 24.1. The standard InChI is InChI=1S/C20H23BrO4/c1-19(2)11-8-9-20(19,3)14(10-11)24-18(23)15(21)16-12-6-4-5-7-13(12)17(22)25-16/h4-7,11,14-16H,8-10H2,1-3H3/t11-,14+,15+,16+,20+/m0/s1. The van der Waals surface area contributed by atoms with Crippen molar-refractivity contribution in [2.75, 3.05) is 0 Å². The summed E-state index contributed by atoms with van der Waals surface area (Å²) in [6, 6.07) is 7.19. The second kappa shape index (κ2) is 5.57. The quantitative estimate of drug-likeness (QED) is 0.550. The maximum absolute atomic E-state index is 12.8. The highest BCUT2D eigenvalue weighted by molar-refractivity contribution is 9.10. The van der Waals surface area contributed by atoms with E-state index < -0.39 is 10.9 Å². The molecule has 0 spiro atoms. The number of carbonyl (C=O) groups excluding carboxylic acids is 2. The SMILES string of the molecule is CC1(C)[C@H]2CC[C@]1(C)[C@H](OC(=O)[C@H](Br)[C@@H]1OC(=O)c3ccccc31)C2. The summed E-state index contributed by atoms with van der Waals surface area (Å²) in [5.74, 6) is -0.121. The summed E-state index contributed by atoms with van der Waals surface area (Å²) in [5.41, 5.74) is 1.47. The van der Waals surface area contributed by atoms with Crippen molar-refractivity contribution in [3.8, 4) is 0 Å². The van der Waals surface area contributed by atoms with Gasteiger partial charge in [-0.05, 0) is 36.7 Å². The van der Waals surface area contributed by atoms with Crippen LogP contribution in [0.15, 0.2) is 24.3 Å². The molecule has 0 N–H and O–H groups in total. The minimum absolute atomic E-state index is 0.0182. The summed E-state index contributed by atoms with van der Waals surface area (Å²) in [7, 11) is 0. The van der Waals surface area contributed by atoms with Crippen molar-refractivity contribution in [3.63, 3.8) is 0 Å². The second-order valence-electron chi connectivity index (χ2n) is 8.35. The molecule has 3 aliphatic rings. The Bertz CT molecular complexity index is 743. The van der Waals surface area contributed by atoms with Crippen LogP contribution in [-0.2, 0) is 14.3 Å². The monoisotopic (exact) mass is 406 g/mol. The highest BCUT2D eigenvalue weighted by Crippen LogP contribution is 2.66. The third-order valence-corrected chi connectivity index (χ3v) is 8.04. The van der Waals surface area contributed by atoms with Gasteiger partial charge < -0.3 is 9.47 Å². The smallest absolute Gasteiger partial charge is 0.339 e. The lowest BCUT2D eigenvalue weighted by molar-refractivity contribution is -0.158. The average molecular weight is 407 g/mol. The van der Waals surface area contributed by atoms with Gasteiger partial charge in [-0.1, -0.05) is 54.9 Å². The Hall–Kier alpha value is -1.36. The first-order valence-corrected chi connectivity index (χ1v) is 9.82. The van der Waals surface area contributed by atoms with Crippen LogP contribution < -0.4 is 0 Å². The minimum atomic E-state index is -0.689. The van der Waals surface area contributed by atoms with Crippen LogP contribution in [0.25, 0.3) is 0 Å². The Kier molecular flexibility index (Phi) is 3.80. The molecule has 1 heterocycles. The Morgan fingerprint density at radius 3 is 2.68 bits per heavy atom. The predicted molar refractivity (Wildman–Crippen MR) is 96.4 cm³/mol. The second-order valence-corrected chi connectivity index (χ2v) is 9.34. The number of esters is 2. The molecule has 5 atom stereocenters. The van der Waals surface area contributed by atoms with Crippen LogP contribution in [-0.4, -0.2) is 22.9 Å². The van der Waals surface area contributed by atoms with Gasteiger partial charge in [-0.15, -0.1) is 0 Å². The lowest BCUT2D eigenvalue weighted by Crippen LogP contribution is -2.40. The molecule has 0 aromatic heterocycles. The summed E-state index contributed by atoms with van der Waals surface area (Å²) < 4.78 is 11.4. The molecular weight excluding hydrogens is 384 g/mol. The number of benzene rings is 1. The van der Waals surface area contributed by atoms with E-state index in [1.807, 2.05) is 12.1 Å². The van der Waals surface area contributed by atoms with Crippen molar-refractivity contribution in [2.24, 2.45) is 16.7 Å². The van der Waals surface area contributed by atoms with Crippen LogP contribution in [0.5, 0.6) is 0 Å². The van der Waals surface area contributed by atoms with E-state index in [2.05, 4.69) is 36.7 Å². The molecule has 0 unspecified atom stereocenters. The zero-order valence-electron chi connectivity index (χ0n) is 14.8. The zero-order valence-corrected chi connectivity index (χ0v) is 16.3. The molecule has 2 bridgehead atoms. The van der Waals surface area contributed by atoms with E-state index in [4.69, 9.17) is 9.47 Å². The number of cyclic esters (lactones) is 1. The molecule has 1 aliphatic heterocycles. The van der Waals surface area contributed by atoms with Gasteiger partial charge in [0.15, 0.2) is 10.9 Å². The Labute approximate surface area is 156 Å². The van der Waals surface area contributed by atoms with E-state index in [1.54, 1.807) is 12.1 Å². The lowest BCUT2D eigenvalue weighted by atomic mass is 9.70. The molecule has 2 fully saturated rings. The number of fused-ring (bicyclic) bond motifs is 3. The third-order valence-electron chi connectivity index (χ3n) is 7.18. The van der Waals surface area contributed by atoms with Crippen molar-refractivity contribution >= 4 is 27.9 Å². The average Bonchev–Trinajstić information content (AvgIpc) is 3.10. The number of alkyl halides is 1. The first-order chi connectivity index (χ1) is 11.8. The topological polar surface area (TPSA) is 52.6 Å². The van der Waals surface area contributed by atoms with Gasteiger partial charge in [-0.25, -0.2) is 4.79 Å². The molecule has 1 aromatic rings. The molecule has 0 radical (unpaired) electrons. The fourth-order valence-electron chi connectivity index (χ4n) is 5.03. The van der Waals surface area contributed by atoms with Gasteiger partial charge in [0.25, 0.3) is 0 Å². The molecule has 0 amide bonds. The number of halogens is 1. The van der Waals surface area contributed by atoms with Gasteiger partial charge >= 0.3 is 11.9 Å². The Morgan fingerprint density at radius 2 is 2.04 bits per heavy atom.